The number of aromatic nitrogens is 4. The Labute approximate surface area is 130 Å². The minimum absolute atomic E-state index is 0.00000795. The molecule has 3 unspecified atom stereocenters. The minimum Gasteiger partial charge on any atom is -0.458 e. The van der Waals surface area contributed by atoms with Crippen molar-refractivity contribution < 1.29 is 19.4 Å². The van der Waals surface area contributed by atoms with Crippen molar-refractivity contribution in [1.82, 2.24) is 19.5 Å². The lowest BCUT2D eigenvalue weighted by Gasteiger charge is -2.19. The summed E-state index contributed by atoms with van der Waals surface area (Å²) in [5.74, 6) is -0.436. The van der Waals surface area contributed by atoms with E-state index in [-0.39, 0.29) is 17.7 Å². The molecule has 3 heterocycles. The van der Waals surface area contributed by atoms with Gasteiger partial charge in [0.2, 0.25) is 5.95 Å². The van der Waals surface area contributed by atoms with Crippen LogP contribution in [0.3, 0.4) is 0 Å². The van der Waals surface area contributed by atoms with Crippen LogP contribution in [-0.4, -0.2) is 49.4 Å². The predicted molar refractivity (Wildman–Crippen MR) is 75.9 cm³/mol. The third kappa shape index (κ3) is 2.58. The van der Waals surface area contributed by atoms with Crippen LogP contribution in [-0.2, 0) is 14.3 Å². The molecular weight excluding hydrogens is 314 g/mol. The lowest BCUT2D eigenvalue weighted by molar-refractivity contribution is -0.152. The number of fused-ring (bicyclic) bond motifs is 1. The van der Waals surface area contributed by atoms with Gasteiger partial charge in [0.05, 0.1) is 19.0 Å². The Kier molecular flexibility index (Phi) is 3.85. The highest BCUT2D eigenvalue weighted by atomic mass is 35.5. The van der Waals surface area contributed by atoms with Crippen molar-refractivity contribution in [3.63, 3.8) is 0 Å². The zero-order valence-corrected chi connectivity index (χ0v) is 12.4. The van der Waals surface area contributed by atoms with E-state index in [0.717, 1.165) is 0 Å². The Bertz CT molecular complexity index is 721. The van der Waals surface area contributed by atoms with Crippen LogP contribution in [0.4, 0.5) is 5.95 Å². The standard InChI is InChI=1S/C12H14ClN5O4/c1-5(20)21-7-2-6(3-19)22-11(7)18-4-15-8-9(13)16-12(14)17-10(8)18/h4,6-7,11,19H,2-3H2,1H3,(H2,14,16,17). The van der Waals surface area contributed by atoms with Gasteiger partial charge < -0.3 is 20.3 Å². The van der Waals surface area contributed by atoms with E-state index in [0.29, 0.717) is 17.6 Å². The van der Waals surface area contributed by atoms with Gasteiger partial charge in [0.1, 0.15) is 11.6 Å². The first-order valence-corrected chi connectivity index (χ1v) is 6.96. The van der Waals surface area contributed by atoms with E-state index < -0.39 is 24.4 Å². The summed E-state index contributed by atoms with van der Waals surface area (Å²) in [5, 5.41) is 9.40. The molecule has 0 radical (unpaired) electrons. The van der Waals surface area contributed by atoms with Gasteiger partial charge in [-0.25, -0.2) is 4.98 Å². The average molecular weight is 328 g/mol. The summed E-state index contributed by atoms with van der Waals surface area (Å²) in [4.78, 5) is 23.3. The first-order chi connectivity index (χ1) is 10.5. The lowest BCUT2D eigenvalue weighted by atomic mass is 10.2. The molecule has 2 aromatic rings. The van der Waals surface area contributed by atoms with Crippen molar-refractivity contribution >= 4 is 34.7 Å². The summed E-state index contributed by atoms with van der Waals surface area (Å²) in [6.45, 7) is 1.13. The molecule has 1 aliphatic rings. The molecule has 118 valence electrons. The largest absolute Gasteiger partial charge is 0.458 e. The maximum absolute atomic E-state index is 11.2. The number of carbonyl (C=O) groups excluding carboxylic acids is 1. The molecule has 0 amide bonds. The van der Waals surface area contributed by atoms with Crippen molar-refractivity contribution in [2.45, 2.75) is 31.8 Å². The second-order valence-electron chi connectivity index (χ2n) is 4.91. The molecular formula is C12H14ClN5O4. The topological polar surface area (TPSA) is 125 Å². The molecule has 0 spiro atoms. The van der Waals surface area contributed by atoms with Crippen molar-refractivity contribution in [3.05, 3.63) is 11.5 Å². The second kappa shape index (κ2) is 5.67. The number of nitrogen functional groups attached to an aromatic ring is 1. The van der Waals surface area contributed by atoms with Gasteiger partial charge in [-0.3, -0.25) is 9.36 Å². The summed E-state index contributed by atoms with van der Waals surface area (Å²) in [7, 11) is 0. The molecule has 1 aliphatic heterocycles. The number of aliphatic hydroxyl groups excluding tert-OH is 1. The van der Waals surface area contributed by atoms with Crippen LogP contribution in [0, 0.1) is 0 Å². The molecule has 1 fully saturated rings. The van der Waals surface area contributed by atoms with Crippen LogP contribution in [0.25, 0.3) is 11.2 Å². The number of nitrogens with two attached hydrogens (primary N) is 1. The van der Waals surface area contributed by atoms with Gasteiger partial charge in [0.15, 0.2) is 17.0 Å². The van der Waals surface area contributed by atoms with Crippen LogP contribution >= 0.6 is 11.6 Å². The van der Waals surface area contributed by atoms with Crippen LogP contribution in [0.15, 0.2) is 6.33 Å². The van der Waals surface area contributed by atoms with E-state index in [9.17, 15) is 9.90 Å². The fourth-order valence-corrected chi connectivity index (χ4v) is 2.70. The number of imidazole rings is 1. The zero-order valence-electron chi connectivity index (χ0n) is 11.6. The third-order valence-corrected chi connectivity index (χ3v) is 3.60. The maximum atomic E-state index is 11.2. The minimum atomic E-state index is -0.670. The van der Waals surface area contributed by atoms with E-state index >= 15 is 0 Å². The van der Waals surface area contributed by atoms with Crippen LogP contribution in [0.2, 0.25) is 5.15 Å². The Balaban J connectivity index is 2.03. The number of nitrogens with zero attached hydrogens (tertiary/aromatic N) is 4. The van der Waals surface area contributed by atoms with E-state index in [4.69, 9.17) is 26.8 Å². The molecule has 2 aromatic heterocycles. The summed E-state index contributed by atoms with van der Waals surface area (Å²) in [6, 6.07) is 0. The molecule has 3 atom stereocenters. The van der Waals surface area contributed by atoms with Crippen molar-refractivity contribution in [1.29, 1.82) is 0 Å². The lowest BCUT2D eigenvalue weighted by Crippen LogP contribution is -2.24. The first-order valence-electron chi connectivity index (χ1n) is 6.58. The Morgan fingerprint density at radius 3 is 3.09 bits per heavy atom. The van der Waals surface area contributed by atoms with Crippen LogP contribution < -0.4 is 5.73 Å². The Morgan fingerprint density at radius 2 is 2.41 bits per heavy atom. The van der Waals surface area contributed by atoms with Gasteiger partial charge >= 0.3 is 5.97 Å². The number of ether oxygens (including phenoxy) is 2. The van der Waals surface area contributed by atoms with E-state index in [2.05, 4.69) is 15.0 Å². The molecule has 1 saturated heterocycles. The summed E-state index contributed by atoms with van der Waals surface area (Å²) < 4.78 is 12.5. The number of anilines is 1. The fraction of sp³-hybridized carbons (Fsp3) is 0.500. The number of carbonyl (C=O) groups is 1. The molecule has 0 bridgehead atoms. The van der Waals surface area contributed by atoms with Crippen LogP contribution in [0.1, 0.15) is 19.6 Å². The van der Waals surface area contributed by atoms with Crippen molar-refractivity contribution in [3.8, 4) is 0 Å². The van der Waals surface area contributed by atoms with E-state index in [1.165, 1.54) is 13.3 Å². The molecule has 3 rings (SSSR count). The highest BCUT2D eigenvalue weighted by molar-refractivity contribution is 6.33. The molecule has 22 heavy (non-hydrogen) atoms. The van der Waals surface area contributed by atoms with Gasteiger partial charge in [-0.15, -0.1) is 0 Å². The highest BCUT2D eigenvalue weighted by Gasteiger charge is 2.39. The number of esters is 1. The maximum Gasteiger partial charge on any atom is 0.303 e. The first kappa shape index (κ1) is 14.9. The number of aliphatic hydroxyl groups is 1. The fourth-order valence-electron chi connectivity index (χ4n) is 2.48. The smallest absolute Gasteiger partial charge is 0.303 e. The third-order valence-electron chi connectivity index (χ3n) is 3.34. The predicted octanol–water partition coefficient (Wildman–Crippen LogP) is 0.273. The normalized spacial score (nSPS) is 24.8. The number of rotatable bonds is 3. The van der Waals surface area contributed by atoms with Crippen LogP contribution in [0.5, 0.6) is 0 Å². The number of hydrogen-bond donors (Lipinski definition) is 2. The van der Waals surface area contributed by atoms with Gasteiger partial charge in [-0.2, -0.15) is 9.97 Å². The van der Waals surface area contributed by atoms with Gasteiger partial charge in [0.25, 0.3) is 0 Å². The Morgan fingerprint density at radius 1 is 1.64 bits per heavy atom. The summed E-state index contributed by atoms with van der Waals surface area (Å²) in [5.41, 5.74) is 6.35. The Hall–Kier alpha value is -1.97. The monoisotopic (exact) mass is 327 g/mol. The SMILES string of the molecule is CC(=O)OC1CC(CO)OC1n1cnc2c(Cl)nc(N)nc21. The molecule has 10 heteroatoms. The molecule has 3 N–H and O–H groups in total. The molecule has 0 aliphatic carbocycles. The summed E-state index contributed by atoms with van der Waals surface area (Å²) >= 11 is 5.99. The van der Waals surface area contributed by atoms with Crippen molar-refractivity contribution in [2.24, 2.45) is 0 Å². The summed E-state index contributed by atoms with van der Waals surface area (Å²) in [6.07, 6.45) is 0.153. The molecule has 9 nitrogen and oxygen atoms in total. The molecule has 0 saturated carbocycles. The van der Waals surface area contributed by atoms with E-state index in [1.807, 2.05) is 0 Å². The average Bonchev–Trinajstić information content (AvgIpc) is 3.01. The molecule has 0 aromatic carbocycles. The van der Waals surface area contributed by atoms with Gasteiger partial charge in [-0.1, -0.05) is 11.6 Å². The van der Waals surface area contributed by atoms with E-state index in [1.54, 1.807) is 4.57 Å². The quantitative estimate of drug-likeness (QED) is 0.608. The van der Waals surface area contributed by atoms with Gasteiger partial charge in [-0.05, 0) is 0 Å². The second-order valence-corrected chi connectivity index (χ2v) is 5.27. The number of halogens is 1. The zero-order chi connectivity index (χ0) is 15.9. The van der Waals surface area contributed by atoms with Crippen molar-refractivity contribution in [2.75, 3.05) is 12.3 Å². The number of hydrogen-bond acceptors (Lipinski definition) is 8. The van der Waals surface area contributed by atoms with Gasteiger partial charge in [0, 0.05) is 13.3 Å². The highest BCUT2D eigenvalue weighted by Crippen LogP contribution is 2.34.